The van der Waals surface area contributed by atoms with Crippen LogP contribution in [0.1, 0.15) is 56.0 Å². The molecule has 1 aromatic heterocycles. The lowest BCUT2D eigenvalue weighted by atomic mass is 9.84. The van der Waals surface area contributed by atoms with Crippen molar-refractivity contribution >= 4 is 34.7 Å². The van der Waals surface area contributed by atoms with E-state index in [4.69, 9.17) is 16.3 Å². The topological polar surface area (TPSA) is 79.7 Å². The van der Waals surface area contributed by atoms with Crippen molar-refractivity contribution in [2.45, 2.75) is 46.1 Å². The van der Waals surface area contributed by atoms with Gasteiger partial charge >= 0.3 is 0 Å². The van der Waals surface area contributed by atoms with E-state index in [0.29, 0.717) is 34.2 Å². The van der Waals surface area contributed by atoms with Crippen LogP contribution in [0.15, 0.2) is 66.5 Å². The first-order chi connectivity index (χ1) is 17.0. The molecular formula is C29H29ClN2O4. The van der Waals surface area contributed by atoms with Crippen molar-refractivity contribution in [1.82, 2.24) is 4.98 Å². The molecule has 2 heterocycles. The smallest absolute Gasteiger partial charge is 0.300 e. The molecule has 36 heavy (non-hydrogen) atoms. The molecule has 3 aromatic rings. The molecule has 0 aliphatic carbocycles. The first-order valence-electron chi connectivity index (χ1n) is 11.8. The number of aliphatic hydroxyl groups is 1. The lowest BCUT2D eigenvalue weighted by Crippen LogP contribution is -2.29. The molecule has 1 fully saturated rings. The number of aliphatic hydroxyl groups excluding tert-OH is 1. The van der Waals surface area contributed by atoms with Crippen molar-refractivity contribution in [2.24, 2.45) is 0 Å². The van der Waals surface area contributed by atoms with Gasteiger partial charge < -0.3 is 9.84 Å². The first kappa shape index (κ1) is 25.5. The number of benzene rings is 2. The molecule has 7 heteroatoms. The standard InChI is InChI=1S/C29H29ClN2O4/c1-6-36-23-12-10-18(14-21(23)29(3,4)5)26(33)24-25(19-8-7-13-31-16-19)32(28(35)27(24)34)20-11-9-17(2)22(30)15-20/h7-16,25,33H,6H2,1-5H3/b26-24-. The summed E-state index contributed by atoms with van der Waals surface area (Å²) in [5.41, 5.74) is 2.92. The largest absolute Gasteiger partial charge is 0.507 e. The van der Waals surface area contributed by atoms with Crippen LogP contribution in [0.25, 0.3) is 5.76 Å². The van der Waals surface area contributed by atoms with Gasteiger partial charge in [0.2, 0.25) is 0 Å². The highest BCUT2D eigenvalue weighted by Gasteiger charge is 2.47. The van der Waals surface area contributed by atoms with Crippen LogP contribution in [-0.4, -0.2) is 28.4 Å². The summed E-state index contributed by atoms with van der Waals surface area (Å²) in [6.07, 6.45) is 3.20. The van der Waals surface area contributed by atoms with E-state index in [1.807, 2.05) is 40.7 Å². The molecule has 0 saturated carbocycles. The zero-order chi connectivity index (χ0) is 26.2. The molecular weight excluding hydrogens is 476 g/mol. The van der Waals surface area contributed by atoms with E-state index in [-0.39, 0.29) is 16.7 Å². The Morgan fingerprint density at radius 3 is 2.50 bits per heavy atom. The number of pyridine rings is 1. The second-order valence-electron chi connectivity index (χ2n) is 9.78. The summed E-state index contributed by atoms with van der Waals surface area (Å²) < 4.78 is 5.80. The van der Waals surface area contributed by atoms with Gasteiger partial charge in [0.05, 0.1) is 18.2 Å². The van der Waals surface area contributed by atoms with Crippen LogP contribution in [0.3, 0.4) is 0 Å². The molecule has 6 nitrogen and oxygen atoms in total. The zero-order valence-corrected chi connectivity index (χ0v) is 21.8. The second kappa shape index (κ2) is 9.78. The molecule has 0 spiro atoms. The minimum absolute atomic E-state index is 0.00582. The molecule has 1 N–H and O–H groups in total. The Kier molecular flexibility index (Phi) is 6.92. The summed E-state index contributed by atoms with van der Waals surface area (Å²) in [5.74, 6) is -1.06. The van der Waals surface area contributed by atoms with Gasteiger partial charge in [0.1, 0.15) is 11.5 Å². The maximum Gasteiger partial charge on any atom is 0.300 e. The number of amides is 1. The molecule has 1 aliphatic heterocycles. The van der Waals surface area contributed by atoms with Gasteiger partial charge in [-0.2, -0.15) is 0 Å². The predicted octanol–water partition coefficient (Wildman–Crippen LogP) is 6.37. The van der Waals surface area contributed by atoms with Crippen molar-refractivity contribution in [3.05, 3.63) is 93.8 Å². The fourth-order valence-corrected chi connectivity index (χ4v) is 4.56. The summed E-state index contributed by atoms with van der Waals surface area (Å²) in [7, 11) is 0. The Bertz CT molecular complexity index is 1360. The highest BCUT2D eigenvalue weighted by Crippen LogP contribution is 2.43. The van der Waals surface area contributed by atoms with Gasteiger partial charge in [-0.1, -0.05) is 44.5 Å². The number of nitrogens with zero attached hydrogens (tertiary/aromatic N) is 2. The molecule has 0 bridgehead atoms. The molecule has 1 amide bonds. The molecule has 1 atom stereocenters. The Balaban J connectivity index is 1.94. The summed E-state index contributed by atoms with van der Waals surface area (Å²) in [6, 6.07) is 13.1. The minimum Gasteiger partial charge on any atom is -0.507 e. The van der Waals surface area contributed by atoms with Crippen LogP contribution >= 0.6 is 11.6 Å². The maximum atomic E-state index is 13.4. The van der Waals surface area contributed by atoms with E-state index < -0.39 is 17.7 Å². The Morgan fingerprint density at radius 1 is 1.14 bits per heavy atom. The lowest BCUT2D eigenvalue weighted by Gasteiger charge is -2.26. The van der Waals surface area contributed by atoms with E-state index in [1.54, 1.807) is 54.9 Å². The molecule has 1 unspecified atom stereocenters. The molecule has 1 saturated heterocycles. The van der Waals surface area contributed by atoms with Crippen LogP contribution in [0.4, 0.5) is 5.69 Å². The number of hydrogen-bond donors (Lipinski definition) is 1. The number of rotatable bonds is 5. The number of aromatic nitrogens is 1. The molecule has 186 valence electrons. The third-order valence-corrected chi connectivity index (χ3v) is 6.65. The quantitative estimate of drug-likeness (QED) is 0.248. The number of hydrogen-bond acceptors (Lipinski definition) is 5. The number of aryl methyl sites for hydroxylation is 1. The minimum atomic E-state index is -0.873. The van der Waals surface area contributed by atoms with E-state index in [0.717, 1.165) is 11.1 Å². The van der Waals surface area contributed by atoms with Gasteiger partial charge in [-0.3, -0.25) is 19.5 Å². The third kappa shape index (κ3) is 4.61. The maximum absolute atomic E-state index is 13.4. The number of halogens is 1. The number of anilines is 1. The Labute approximate surface area is 216 Å². The molecule has 1 aliphatic rings. The highest BCUT2D eigenvalue weighted by atomic mass is 35.5. The van der Waals surface area contributed by atoms with Crippen LogP contribution in [0, 0.1) is 6.92 Å². The molecule has 2 aromatic carbocycles. The van der Waals surface area contributed by atoms with Gasteiger partial charge in [0, 0.05) is 34.2 Å². The second-order valence-corrected chi connectivity index (χ2v) is 10.2. The fraction of sp³-hybridized carbons (Fsp3) is 0.276. The summed E-state index contributed by atoms with van der Waals surface area (Å²) in [5, 5.41) is 12.0. The van der Waals surface area contributed by atoms with E-state index >= 15 is 0 Å². The van der Waals surface area contributed by atoms with Gasteiger partial charge in [0.25, 0.3) is 11.7 Å². The SMILES string of the molecule is CCOc1ccc(/C(O)=C2/C(=O)C(=O)N(c3ccc(C)c(Cl)c3)C2c2cccnc2)cc1C(C)(C)C. The molecule has 0 radical (unpaired) electrons. The van der Waals surface area contributed by atoms with Crippen molar-refractivity contribution in [2.75, 3.05) is 11.5 Å². The van der Waals surface area contributed by atoms with Gasteiger partial charge in [0.15, 0.2) is 0 Å². The molecule has 4 rings (SSSR count). The van der Waals surface area contributed by atoms with Crippen molar-refractivity contribution < 1.29 is 19.4 Å². The van der Waals surface area contributed by atoms with Crippen LogP contribution in [0.5, 0.6) is 5.75 Å². The predicted molar refractivity (Wildman–Crippen MR) is 142 cm³/mol. The van der Waals surface area contributed by atoms with Gasteiger partial charge in [-0.15, -0.1) is 0 Å². The summed E-state index contributed by atoms with van der Waals surface area (Å²) in [4.78, 5) is 32.3. The van der Waals surface area contributed by atoms with Crippen LogP contribution < -0.4 is 9.64 Å². The van der Waals surface area contributed by atoms with Crippen molar-refractivity contribution in [3.8, 4) is 5.75 Å². The van der Waals surface area contributed by atoms with E-state index in [2.05, 4.69) is 4.98 Å². The van der Waals surface area contributed by atoms with E-state index in [1.165, 1.54) is 4.90 Å². The number of carbonyl (C=O) groups is 2. The monoisotopic (exact) mass is 504 g/mol. The number of ketones is 1. The highest BCUT2D eigenvalue weighted by molar-refractivity contribution is 6.51. The number of carbonyl (C=O) groups excluding carboxylic acids is 2. The summed E-state index contributed by atoms with van der Waals surface area (Å²) >= 11 is 6.36. The van der Waals surface area contributed by atoms with Gasteiger partial charge in [-0.05, 0) is 66.8 Å². The average molecular weight is 505 g/mol. The summed E-state index contributed by atoms with van der Waals surface area (Å²) in [6.45, 7) is 10.4. The van der Waals surface area contributed by atoms with Crippen molar-refractivity contribution in [1.29, 1.82) is 0 Å². The lowest BCUT2D eigenvalue weighted by molar-refractivity contribution is -0.132. The van der Waals surface area contributed by atoms with E-state index in [9.17, 15) is 14.7 Å². The van der Waals surface area contributed by atoms with Crippen LogP contribution in [0.2, 0.25) is 5.02 Å². The Morgan fingerprint density at radius 2 is 1.89 bits per heavy atom. The number of Topliss-reactive ketones (excluding diaryl/α,β-unsaturated/α-hetero) is 1. The first-order valence-corrected chi connectivity index (χ1v) is 12.2. The van der Waals surface area contributed by atoms with Gasteiger partial charge in [-0.25, -0.2) is 0 Å². The fourth-order valence-electron chi connectivity index (χ4n) is 4.38. The zero-order valence-electron chi connectivity index (χ0n) is 21.0. The third-order valence-electron chi connectivity index (χ3n) is 6.24. The average Bonchev–Trinajstić information content (AvgIpc) is 3.11. The number of ether oxygens (including phenoxy) is 1. The normalized spacial score (nSPS) is 17.5. The Hall–Kier alpha value is -3.64. The van der Waals surface area contributed by atoms with Crippen molar-refractivity contribution in [3.63, 3.8) is 0 Å². The van der Waals surface area contributed by atoms with Crippen LogP contribution in [-0.2, 0) is 15.0 Å².